The zero-order chi connectivity index (χ0) is 32.6. The lowest BCUT2D eigenvalue weighted by atomic mass is 9.94. The van der Waals surface area contributed by atoms with Gasteiger partial charge in [-0.05, 0) is 80.9 Å². The van der Waals surface area contributed by atoms with E-state index in [9.17, 15) is 0 Å². The summed E-state index contributed by atoms with van der Waals surface area (Å²) >= 11 is 1.76. The molecule has 9 rings (SSSR count). The smallest absolute Gasteiger partial charge is 0.160 e. The van der Waals surface area contributed by atoms with E-state index < -0.39 is 0 Å². The van der Waals surface area contributed by atoms with Gasteiger partial charge in [0.15, 0.2) is 5.82 Å². The quantitative estimate of drug-likeness (QED) is 0.180. The van der Waals surface area contributed by atoms with Crippen LogP contribution in [0.15, 0.2) is 182 Å². The van der Waals surface area contributed by atoms with Gasteiger partial charge in [0, 0.05) is 21.2 Å². The summed E-state index contributed by atoms with van der Waals surface area (Å²) in [4.78, 5) is 10.7. The molecule has 7 aromatic carbocycles. The van der Waals surface area contributed by atoms with Gasteiger partial charge in [-0.2, -0.15) is 0 Å². The number of hydrogen-bond donors (Lipinski definition) is 0. The topological polar surface area (TPSA) is 25.8 Å². The Kier molecular flexibility index (Phi) is 7.38. The van der Waals surface area contributed by atoms with Crippen LogP contribution in [0.5, 0.6) is 0 Å². The molecule has 3 heteroatoms. The van der Waals surface area contributed by atoms with Crippen LogP contribution in [0.1, 0.15) is 0 Å². The molecule has 49 heavy (non-hydrogen) atoms. The van der Waals surface area contributed by atoms with Crippen LogP contribution in [0, 0.1) is 0 Å². The minimum Gasteiger partial charge on any atom is -0.226 e. The second-order valence-corrected chi connectivity index (χ2v) is 13.3. The molecule has 2 heterocycles. The fourth-order valence-corrected chi connectivity index (χ4v) is 7.77. The van der Waals surface area contributed by atoms with Gasteiger partial charge in [0.25, 0.3) is 0 Å². The zero-order valence-electron chi connectivity index (χ0n) is 26.6. The average Bonchev–Trinajstić information content (AvgIpc) is 3.57. The van der Waals surface area contributed by atoms with Crippen molar-refractivity contribution in [3.8, 4) is 67.2 Å². The average molecular weight is 643 g/mol. The molecule has 230 valence electrons. The van der Waals surface area contributed by atoms with Crippen molar-refractivity contribution < 1.29 is 0 Å². The maximum absolute atomic E-state index is 5.41. The molecule has 0 aliphatic rings. The SMILES string of the molecule is c1ccc(-c2cccc(-c3cccc(-c4nc(-c5cc(-c6ccccc6)cc(-c6ccccc6)c5)c5sc6ccccc6c5n4)c3)c2)cc1. The van der Waals surface area contributed by atoms with E-state index in [1.54, 1.807) is 11.3 Å². The Bertz CT molecular complexity index is 2530. The highest BCUT2D eigenvalue weighted by Crippen LogP contribution is 2.42. The highest BCUT2D eigenvalue weighted by atomic mass is 32.1. The summed E-state index contributed by atoms with van der Waals surface area (Å²) in [7, 11) is 0. The zero-order valence-corrected chi connectivity index (χ0v) is 27.4. The van der Waals surface area contributed by atoms with Crippen LogP contribution in [0.25, 0.3) is 87.5 Å². The largest absolute Gasteiger partial charge is 0.226 e. The van der Waals surface area contributed by atoms with Gasteiger partial charge >= 0.3 is 0 Å². The predicted octanol–water partition coefficient (Wildman–Crippen LogP) is 12.8. The molecule has 0 atom stereocenters. The van der Waals surface area contributed by atoms with Crippen molar-refractivity contribution in [2.75, 3.05) is 0 Å². The Balaban J connectivity index is 1.24. The molecule has 0 unspecified atom stereocenters. The molecule has 0 fully saturated rings. The van der Waals surface area contributed by atoms with Crippen molar-refractivity contribution in [1.29, 1.82) is 0 Å². The highest BCUT2D eigenvalue weighted by Gasteiger charge is 2.18. The lowest BCUT2D eigenvalue weighted by Gasteiger charge is -2.13. The maximum Gasteiger partial charge on any atom is 0.160 e. The molecule has 0 N–H and O–H groups in total. The monoisotopic (exact) mass is 642 g/mol. The summed E-state index contributed by atoms with van der Waals surface area (Å²) in [6, 6.07) is 64.5. The van der Waals surface area contributed by atoms with E-state index in [1.807, 2.05) is 0 Å². The third-order valence-corrected chi connectivity index (χ3v) is 10.2. The van der Waals surface area contributed by atoms with E-state index in [0.717, 1.165) is 60.5 Å². The number of benzene rings is 7. The number of aromatic nitrogens is 2. The fraction of sp³-hybridized carbons (Fsp3) is 0. The molecule has 0 aliphatic carbocycles. The van der Waals surface area contributed by atoms with Gasteiger partial charge in [-0.1, -0.05) is 146 Å². The van der Waals surface area contributed by atoms with Gasteiger partial charge < -0.3 is 0 Å². The van der Waals surface area contributed by atoms with E-state index in [1.165, 1.54) is 27.0 Å². The number of thiophene rings is 1. The van der Waals surface area contributed by atoms with E-state index in [4.69, 9.17) is 9.97 Å². The van der Waals surface area contributed by atoms with Gasteiger partial charge in [-0.15, -0.1) is 11.3 Å². The lowest BCUT2D eigenvalue weighted by Crippen LogP contribution is -1.95. The second kappa shape index (κ2) is 12.5. The Morgan fingerprint density at radius 1 is 0.327 bits per heavy atom. The number of rotatable bonds is 6. The first-order chi connectivity index (χ1) is 24.3. The van der Waals surface area contributed by atoms with E-state index >= 15 is 0 Å². The molecule has 0 amide bonds. The fourth-order valence-electron chi connectivity index (χ4n) is 6.62. The first-order valence-electron chi connectivity index (χ1n) is 16.5. The molecule has 2 nitrogen and oxygen atoms in total. The number of fused-ring (bicyclic) bond motifs is 3. The van der Waals surface area contributed by atoms with Crippen molar-refractivity contribution in [3.05, 3.63) is 182 Å². The number of nitrogens with zero attached hydrogens (tertiary/aromatic N) is 2. The van der Waals surface area contributed by atoms with Gasteiger partial charge in [-0.3, -0.25) is 0 Å². The molecule has 9 aromatic rings. The Morgan fingerprint density at radius 2 is 0.755 bits per heavy atom. The maximum atomic E-state index is 5.41. The lowest BCUT2D eigenvalue weighted by molar-refractivity contribution is 1.24. The van der Waals surface area contributed by atoms with Gasteiger partial charge in [-0.25, -0.2) is 9.97 Å². The Hall–Kier alpha value is -6.16. The minimum atomic E-state index is 0.721. The summed E-state index contributed by atoms with van der Waals surface area (Å²) in [5.74, 6) is 0.721. The molecular weight excluding hydrogens is 613 g/mol. The second-order valence-electron chi connectivity index (χ2n) is 12.2. The standard InChI is InChI=1S/C46H30N2S/c1-4-14-31(15-5-1)34-20-12-21-35(26-34)36-22-13-23-37(27-36)46-47-43(45-44(48-46)41-24-10-11-25-42(41)49-45)40-29-38(32-16-6-2-7-17-32)28-39(30-40)33-18-8-3-9-19-33/h1-30H. The molecule has 2 aromatic heterocycles. The van der Waals surface area contributed by atoms with Crippen LogP contribution in [0.4, 0.5) is 0 Å². The van der Waals surface area contributed by atoms with E-state index in [-0.39, 0.29) is 0 Å². The third-order valence-electron chi connectivity index (χ3n) is 9.06. The van der Waals surface area contributed by atoms with Crippen LogP contribution in [0.2, 0.25) is 0 Å². The van der Waals surface area contributed by atoms with Crippen LogP contribution in [-0.2, 0) is 0 Å². The molecular formula is C46H30N2S. The van der Waals surface area contributed by atoms with Gasteiger partial charge in [0.05, 0.1) is 15.9 Å². The third kappa shape index (κ3) is 5.61. The summed E-state index contributed by atoms with van der Waals surface area (Å²) < 4.78 is 2.31. The molecule has 0 saturated carbocycles. The normalized spacial score (nSPS) is 11.3. The van der Waals surface area contributed by atoms with Crippen LogP contribution >= 0.6 is 11.3 Å². The molecule has 0 radical (unpaired) electrons. The highest BCUT2D eigenvalue weighted by molar-refractivity contribution is 7.26. The van der Waals surface area contributed by atoms with Crippen molar-refractivity contribution in [3.63, 3.8) is 0 Å². The Morgan fingerprint density at radius 3 is 1.37 bits per heavy atom. The summed E-state index contributed by atoms with van der Waals surface area (Å²) in [5.41, 5.74) is 13.4. The molecule has 0 saturated heterocycles. The molecule has 0 bridgehead atoms. The van der Waals surface area contributed by atoms with Crippen molar-refractivity contribution in [1.82, 2.24) is 9.97 Å². The van der Waals surface area contributed by atoms with E-state index in [2.05, 4.69) is 182 Å². The summed E-state index contributed by atoms with van der Waals surface area (Å²) in [5, 5.41) is 1.15. The van der Waals surface area contributed by atoms with E-state index in [0.29, 0.717) is 0 Å². The predicted molar refractivity (Wildman–Crippen MR) is 208 cm³/mol. The summed E-state index contributed by atoms with van der Waals surface area (Å²) in [6.45, 7) is 0. The van der Waals surface area contributed by atoms with Crippen LogP contribution < -0.4 is 0 Å². The van der Waals surface area contributed by atoms with Crippen molar-refractivity contribution in [2.45, 2.75) is 0 Å². The van der Waals surface area contributed by atoms with Gasteiger partial charge in [0.1, 0.15) is 0 Å². The first kappa shape index (κ1) is 29.0. The summed E-state index contributed by atoms with van der Waals surface area (Å²) in [6.07, 6.45) is 0. The van der Waals surface area contributed by atoms with Gasteiger partial charge in [0.2, 0.25) is 0 Å². The van der Waals surface area contributed by atoms with Crippen molar-refractivity contribution >= 4 is 31.6 Å². The first-order valence-corrected chi connectivity index (χ1v) is 17.3. The van der Waals surface area contributed by atoms with Crippen LogP contribution in [-0.4, -0.2) is 9.97 Å². The molecule has 0 aliphatic heterocycles. The minimum absolute atomic E-state index is 0.721. The number of hydrogen-bond acceptors (Lipinski definition) is 3. The van der Waals surface area contributed by atoms with Crippen molar-refractivity contribution in [2.24, 2.45) is 0 Å². The Labute approximate surface area is 289 Å². The molecule has 0 spiro atoms. The van der Waals surface area contributed by atoms with Crippen LogP contribution in [0.3, 0.4) is 0 Å².